The lowest BCUT2D eigenvalue weighted by atomic mass is 10.1. The third-order valence-electron chi connectivity index (χ3n) is 4.87. The third-order valence-corrected chi connectivity index (χ3v) is 6.78. The van der Waals surface area contributed by atoms with Gasteiger partial charge in [-0.25, -0.2) is 18.0 Å². The second-order valence-corrected chi connectivity index (χ2v) is 12.1. The molecular weight excluding hydrogens is 460 g/mol. The second kappa shape index (κ2) is 9.38. The zero-order valence-electron chi connectivity index (χ0n) is 20.3. The Morgan fingerprint density at radius 3 is 2.32 bits per heavy atom. The zero-order chi connectivity index (χ0) is 25.3. The minimum Gasteiger partial charge on any atom is -0.444 e. The molecule has 2 N–H and O–H groups in total. The van der Waals surface area contributed by atoms with Crippen LogP contribution < -0.4 is 10.6 Å². The third kappa shape index (κ3) is 6.35. The molecule has 186 valence electrons. The van der Waals surface area contributed by atoms with Gasteiger partial charge in [-0.15, -0.1) is 0 Å². The maximum Gasteiger partial charge on any atom is 0.412 e. The molecule has 1 aromatic heterocycles. The zero-order valence-corrected chi connectivity index (χ0v) is 21.2. The molecule has 0 bridgehead atoms. The first-order valence-corrected chi connectivity index (χ1v) is 12.5. The van der Waals surface area contributed by atoms with Gasteiger partial charge in [-0.2, -0.15) is 4.31 Å². The molecule has 1 saturated heterocycles. The molecule has 1 aliphatic heterocycles. The summed E-state index contributed by atoms with van der Waals surface area (Å²) in [7, 11) is -3.94. The van der Waals surface area contributed by atoms with Crippen LogP contribution in [0.2, 0.25) is 0 Å². The van der Waals surface area contributed by atoms with Gasteiger partial charge in [-0.05, 0) is 54.0 Å². The summed E-state index contributed by atoms with van der Waals surface area (Å²) in [6.07, 6.45) is 2.08. The molecule has 1 fully saturated rings. The molecular formula is C23H32N4O6S. The van der Waals surface area contributed by atoms with Crippen LogP contribution in [0.15, 0.2) is 35.5 Å². The van der Waals surface area contributed by atoms with E-state index in [2.05, 4.69) is 15.6 Å². The summed E-state index contributed by atoms with van der Waals surface area (Å²) in [5.41, 5.74) is -1.14. The molecule has 10 nitrogen and oxygen atoms in total. The number of carbonyl (C=O) groups excluding carboxylic acids is 2. The van der Waals surface area contributed by atoms with Crippen LogP contribution in [-0.4, -0.2) is 60.2 Å². The van der Waals surface area contributed by atoms with Crippen LogP contribution in [0.3, 0.4) is 0 Å². The Kier molecular flexibility index (Phi) is 7.09. The van der Waals surface area contributed by atoms with E-state index in [1.165, 1.54) is 22.8 Å². The fourth-order valence-electron chi connectivity index (χ4n) is 3.60. The summed E-state index contributed by atoms with van der Waals surface area (Å²) in [5, 5.41) is 6.25. The molecule has 11 heteroatoms. The van der Waals surface area contributed by atoms with Gasteiger partial charge in [0.2, 0.25) is 10.0 Å². The number of amides is 2. The highest BCUT2D eigenvalue weighted by Gasteiger charge is 2.35. The smallest absolute Gasteiger partial charge is 0.412 e. The van der Waals surface area contributed by atoms with Gasteiger partial charge in [-0.3, -0.25) is 10.3 Å². The number of fused-ring (bicyclic) bond motifs is 1. The highest BCUT2D eigenvalue weighted by atomic mass is 32.2. The number of ether oxygens (including phenoxy) is 2. The molecule has 0 saturated carbocycles. The first kappa shape index (κ1) is 25.7. The lowest BCUT2D eigenvalue weighted by molar-refractivity contribution is 0.0506. The van der Waals surface area contributed by atoms with E-state index in [-0.39, 0.29) is 29.7 Å². The van der Waals surface area contributed by atoms with Crippen molar-refractivity contribution in [1.82, 2.24) is 14.6 Å². The van der Waals surface area contributed by atoms with Crippen LogP contribution in [-0.2, 0) is 19.5 Å². The molecule has 0 aliphatic carbocycles. The predicted molar refractivity (Wildman–Crippen MR) is 128 cm³/mol. The maximum atomic E-state index is 13.6. The Hall–Kier alpha value is -2.92. The van der Waals surface area contributed by atoms with E-state index < -0.39 is 33.4 Å². The first-order valence-electron chi connectivity index (χ1n) is 11.0. The lowest BCUT2D eigenvalue weighted by Gasteiger charge is -2.22. The number of pyridine rings is 1. The van der Waals surface area contributed by atoms with Gasteiger partial charge in [0, 0.05) is 36.1 Å². The van der Waals surface area contributed by atoms with Gasteiger partial charge >= 0.3 is 12.2 Å². The fourth-order valence-corrected chi connectivity index (χ4v) is 5.34. The van der Waals surface area contributed by atoms with Crippen LogP contribution in [0.4, 0.5) is 15.3 Å². The first-order chi connectivity index (χ1) is 15.7. The van der Waals surface area contributed by atoms with Crippen LogP contribution in [0, 0.1) is 0 Å². The quantitative estimate of drug-likeness (QED) is 0.663. The molecule has 1 aromatic carbocycles. The number of hydrogen-bond acceptors (Lipinski definition) is 7. The largest absolute Gasteiger partial charge is 0.444 e. The van der Waals surface area contributed by atoms with Crippen LogP contribution in [0.25, 0.3) is 10.8 Å². The molecule has 0 spiro atoms. The number of carbonyl (C=O) groups is 2. The van der Waals surface area contributed by atoms with E-state index in [1.807, 2.05) is 0 Å². The molecule has 3 rings (SSSR count). The molecule has 2 heterocycles. The monoisotopic (exact) mass is 492 g/mol. The van der Waals surface area contributed by atoms with Gasteiger partial charge in [-0.1, -0.05) is 12.1 Å². The summed E-state index contributed by atoms with van der Waals surface area (Å²) in [6, 6.07) is 4.46. The highest BCUT2D eigenvalue weighted by molar-refractivity contribution is 7.89. The van der Waals surface area contributed by atoms with Crippen molar-refractivity contribution < 1.29 is 27.5 Å². The molecule has 1 atom stereocenters. The van der Waals surface area contributed by atoms with Crippen molar-refractivity contribution in [3.05, 3.63) is 30.6 Å². The summed E-state index contributed by atoms with van der Waals surface area (Å²) in [4.78, 5) is 28.6. The van der Waals surface area contributed by atoms with E-state index in [0.717, 1.165) is 0 Å². The van der Waals surface area contributed by atoms with Gasteiger partial charge in [0.05, 0.1) is 16.8 Å². The SMILES string of the molecule is CC(C)(C)OC(=O)Nc1cncc2cccc(S(=O)(=O)N3CCC(NC(=O)OC(C)(C)C)C3)c12. The van der Waals surface area contributed by atoms with Crippen molar-refractivity contribution in [2.24, 2.45) is 0 Å². The molecule has 2 aromatic rings. The average Bonchev–Trinajstić information content (AvgIpc) is 3.14. The Morgan fingerprint density at radius 2 is 1.68 bits per heavy atom. The van der Waals surface area contributed by atoms with E-state index in [4.69, 9.17) is 9.47 Å². The Morgan fingerprint density at radius 1 is 1.03 bits per heavy atom. The van der Waals surface area contributed by atoms with Crippen LogP contribution in [0.1, 0.15) is 48.0 Å². The van der Waals surface area contributed by atoms with Crippen LogP contribution >= 0.6 is 0 Å². The minimum atomic E-state index is -3.94. The van der Waals surface area contributed by atoms with Gasteiger partial charge in [0.25, 0.3) is 0 Å². The van der Waals surface area contributed by atoms with E-state index in [9.17, 15) is 18.0 Å². The Labute approximate surface area is 200 Å². The van der Waals surface area contributed by atoms with Crippen molar-refractivity contribution >= 4 is 38.7 Å². The number of rotatable bonds is 4. The fraction of sp³-hybridized carbons (Fsp3) is 0.522. The molecule has 1 aliphatic rings. The number of aromatic nitrogens is 1. The van der Waals surface area contributed by atoms with Crippen molar-refractivity contribution in [3.63, 3.8) is 0 Å². The van der Waals surface area contributed by atoms with Crippen LogP contribution in [0.5, 0.6) is 0 Å². The lowest BCUT2D eigenvalue weighted by Crippen LogP contribution is -2.41. The predicted octanol–water partition coefficient (Wildman–Crippen LogP) is 3.87. The number of nitrogens with one attached hydrogen (secondary N) is 2. The number of hydrogen-bond donors (Lipinski definition) is 2. The number of sulfonamides is 1. The topological polar surface area (TPSA) is 127 Å². The molecule has 1 unspecified atom stereocenters. The van der Waals surface area contributed by atoms with Gasteiger partial charge in [0.15, 0.2) is 0 Å². The molecule has 2 amide bonds. The standard InChI is InChI=1S/C23H32N4O6S/c1-22(2,3)32-20(28)25-16-10-11-27(14-16)34(30,31)18-9-7-8-15-12-24-13-17(19(15)18)26-21(29)33-23(4,5)6/h7-9,12-13,16H,10-11,14H2,1-6H3,(H,25,28)(H,26,29). The normalized spacial score (nSPS) is 17.4. The minimum absolute atomic E-state index is 0.0383. The highest BCUT2D eigenvalue weighted by Crippen LogP contribution is 2.32. The number of benzene rings is 1. The number of anilines is 1. The Balaban J connectivity index is 1.87. The van der Waals surface area contributed by atoms with E-state index in [1.54, 1.807) is 53.7 Å². The van der Waals surface area contributed by atoms with Crippen molar-refractivity contribution in [2.75, 3.05) is 18.4 Å². The number of alkyl carbamates (subject to hydrolysis) is 1. The summed E-state index contributed by atoms with van der Waals surface area (Å²) >= 11 is 0. The molecule has 0 radical (unpaired) electrons. The van der Waals surface area contributed by atoms with E-state index in [0.29, 0.717) is 17.2 Å². The molecule has 34 heavy (non-hydrogen) atoms. The van der Waals surface area contributed by atoms with Gasteiger partial charge < -0.3 is 14.8 Å². The summed E-state index contributed by atoms with van der Waals surface area (Å²) in [5.74, 6) is 0. The van der Waals surface area contributed by atoms with Crippen molar-refractivity contribution in [3.8, 4) is 0 Å². The van der Waals surface area contributed by atoms with Crippen molar-refractivity contribution in [2.45, 2.75) is 70.1 Å². The second-order valence-electron chi connectivity index (χ2n) is 10.2. The van der Waals surface area contributed by atoms with Crippen molar-refractivity contribution in [1.29, 1.82) is 0 Å². The van der Waals surface area contributed by atoms with E-state index >= 15 is 0 Å². The number of nitrogens with zero attached hydrogens (tertiary/aromatic N) is 2. The summed E-state index contributed by atoms with van der Waals surface area (Å²) < 4.78 is 39.1. The maximum absolute atomic E-state index is 13.6. The summed E-state index contributed by atoms with van der Waals surface area (Å²) in [6.45, 7) is 10.8. The van der Waals surface area contributed by atoms with Gasteiger partial charge in [0.1, 0.15) is 11.2 Å². The average molecular weight is 493 g/mol. The Bertz CT molecular complexity index is 1180.